The minimum absolute atomic E-state index is 0.0559. The predicted octanol–water partition coefficient (Wildman–Crippen LogP) is 8.16. The summed E-state index contributed by atoms with van der Waals surface area (Å²) in [6, 6.07) is 41.0. The Morgan fingerprint density at radius 2 is 1.09 bits per heavy atom. The topological polar surface area (TPSA) is 112 Å². The third-order valence-corrected chi connectivity index (χ3v) is 22.2. The van der Waals surface area contributed by atoms with Gasteiger partial charge in [-0.25, -0.2) is 4.39 Å². The van der Waals surface area contributed by atoms with Crippen LogP contribution in [0.1, 0.15) is 41.5 Å². The fraction of sp³-hybridized carbons (Fsp3) is 0.279. The third-order valence-electron chi connectivity index (χ3n) is 10.0. The van der Waals surface area contributed by atoms with Gasteiger partial charge < -0.3 is 20.0 Å². The average molecular weight is 852 g/mol. The number of benzene rings is 5. The van der Waals surface area contributed by atoms with Gasteiger partial charge in [0, 0.05) is 6.21 Å². The first-order valence-electron chi connectivity index (χ1n) is 18.3. The maximum Gasteiger partial charge on any atom is 0.298 e. The molecule has 0 aromatic heterocycles. The van der Waals surface area contributed by atoms with Crippen LogP contribution < -0.4 is 26.5 Å². The minimum Gasteiger partial charge on any atom is -0.405 e. The molecule has 0 bridgehead atoms. The molecule has 7 nitrogen and oxygen atoms in total. The summed E-state index contributed by atoms with van der Waals surface area (Å²) in [7, 11) is -11.8. The standard InChI is InChI=1S/C43H49Cl2FN2O5SSi2/c1-42(2,3)55(31-19-11-7-12-20-31,32-21-13-8-14-22-32)51-30-39(52-54(49,50)40-28-35(44)38(48)27-36(40)45)41(37(46)29-47)53-56(43(4,5)6,33-23-15-9-16-24-33)34-25-17-10-18-26-34/h7-29,37,39,41,47H,30,48H2,1-6H3/t37-,39-,41+/m1/s1. The summed E-state index contributed by atoms with van der Waals surface area (Å²) in [6.07, 6.45) is -4.84. The Balaban J connectivity index is 1.77. The number of halogens is 3. The fourth-order valence-electron chi connectivity index (χ4n) is 7.43. The summed E-state index contributed by atoms with van der Waals surface area (Å²) < 4.78 is 66.5. The van der Waals surface area contributed by atoms with Crippen molar-refractivity contribution in [1.29, 1.82) is 5.41 Å². The molecule has 5 aromatic carbocycles. The van der Waals surface area contributed by atoms with E-state index in [1.54, 1.807) is 0 Å². The quantitative estimate of drug-likeness (QED) is 0.0476. The zero-order valence-electron chi connectivity index (χ0n) is 32.4. The number of rotatable bonds is 15. The molecule has 0 aliphatic carbocycles. The lowest BCUT2D eigenvalue weighted by Gasteiger charge is -2.47. The lowest BCUT2D eigenvalue weighted by Crippen LogP contribution is -2.70. The van der Waals surface area contributed by atoms with Crippen LogP contribution in [0.25, 0.3) is 0 Å². The maximum atomic E-state index is 16.9. The summed E-state index contributed by atoms with van der Waals surface area (Å²) in [6.45, 7) is 11.9. The van der Waals surface area contributed by atoms with Gasteiger partial charge in [0.25, 0.3) is 26.8 Å². The number of nitrogens with one attached hydrogen (secondary N) is 1. The van der Waals surface area contributed by atoms with Crippen LogP contribution in [0, 0.1) is 5.41 Å². The molecule has 0 amide bonds. The van der Waals surface area contributed by atoms with Crippen molar-refractivity contribution >= 4 is 82.6 Å². The lowest BCUT2D eigenvalue weighted by atomic mass is 10.1. The highest BCUT2D eigenvalue weighted by atomic mass is 35.5. The highest BCUT2D eigenvalue weighted by Gasteiger charge is 2.55. The van der Waals surface area contributed by atoms with Crippen LogP contribution in [0.3, 0.4) is 0 Å². The van der Waals surface area contributed by atoms with Gasteiger partial charge in [-0.2, -0.15) is 8.42 Å². The number of hydrogen-bond acceptors (Lipinski definition) is 7. The van der Waals surface area contributed by atoms with Crippen molar-refractivity contribution in [3.8, 4) is 0 Å². The lowest BCUT2D eigenvalue weighted by molar-refractivity contribution is -0.00566. The number of anilines is 1. The van der Waals surface area contributed by atoms with Gasteiger partial charge in [-0.05, 0) is 43.0 Å². The summed E-state index contributed by atoms with van der Waals surface area (Å²) in [5.41, 5.74) is 6.02. The van der Waals surface area contributed by atoms with E-state index in [1.165, 1.54) is 6.07 Å². The molecule has 5 rings (SSSR count). The van der Waals surface area contributed by atoms with Gasteiger partial charge in [-0.3, -0.25) is 4.18 Å². The Labute approximate surface area is 342 Å². The molecule has 0 unspecified atom stereocenters. The molecule has 3 atom stereocenters. The van der Waals surface area contributed by atoms with Crippen molar-refractivity contribution in [2.24, 2.45) is 0 Å². The highest BCUT2D eigenvalue weighted by Crippen LogP contribution is 2.41. The molecule has 0 saturated heterocycles. The van der Waals surface area contributed by atoms with E-state index in [0.717, 1.165) is 26.8 Å². The fourth-order valence-corrected chi connectivity index (χ4v) is 18.5. The van der Waals surface area contributed by atoms with Crippen molar-refractivity contribution < 1.29 is 25.8 Å². The number of alkyl halides is 1. The molecule has 0 heterocycles. The minimum atomic E-state index is -4.81. The molecule has 5 aromatic rings. The van der Waals surface area contributed by atoms with Crippen molar-refractivity contribution in [3.63, 3.8) is 0 Å². The third kappa shape index (κ3) is 8.75. The van der Waals surface area contributed by atoms with E-state index in [4.69, 9.17) is 47.4 Å². The second kappa shape index (κ2) is 17.5. The molecule has 56 heavy (non-hydrogen) atoms. The Morgan fingerprint density at radius 3 is 1.46 bits per heavy atom. The molecule has 13 heteroatoms. The second-order valence-electron chi connectivity index (χ2n) is 15.7. The molecule has 0 aliphatic heterocycles. The first-order chi connectivity index (χ1) is 26.4. The van der Waals surface area contributed by atoms with Crippen molar-refractivity contribution in [3.05, 3.63) is 144 Å². The van der Waals surface area contributed by atoms with Crippen LogP contribution in [0.2, 0.25) is 20.1 Å². The van der Waals surface area contributed by atoms with Gasteiger partial charge in [-0.15, -0.1) is 0 Å². The average Bonchev–Trinajstić information content (AvgIpc) is 3.16. The Hall–Kier alpha value is -3.66. The van der Waals surface area contributed by atoms with Crippen molar-refractivity contribution in [2.45, 2.75) is 74.9 Å². The van der Waals surface area contributed by atoms with Crippen molar-refractivity contribution in [1.82, 2.24) is 0 Å². The van der Waals surface area contributed by atoms with E-state index in [-0.39, 0.29) is 15.7 Å². The molecule has 0 spiro atoms. The van der Waals surface area contributed by atoms with Crippen LogP contribution >= 0.6 is 23.2 Å². The molecule has 0 radical (unpaired) electrons. The normalized spacial score (nSPS) is 14.5. The smallest absolute Gasteiger partial charge is 0.298 e. The second-order valence-corrected chi connectivity index (χ2v) is 26.6. The molecule has 0 saturated carbocycles. The first-order valence-corrected chi connectivity index (χ1v) is 24.2. The Bertz CT molecular complexity index is 2110. The van der Waals surface area contributed by atoms with Gasteiger partial charge in [-0.1, -0.05) is 186 Å². The largest absolute Gasteiger partial charge is 0.405 e. The van der Waals surface area contributed by atoms with E-state index in [0.29, 0.717) is 6.21 Å². The first kappa shape index (κ1) is 43.5. The zero-order chi connectivity index (χ0) is 40.9. The van der Waals surface area contributed by atoms with Crippen LogP contribution in [-0.4, -0.2) is 56.3 Å². The molecule has 3 N–H and O–H groups in total. The van der Waals surface area contributed by atoms with E-state index < -0.39 is 66.7 Å². The molecule has 0 fully saturated rings. The van der Waals surface area contributed by atoms with Gasteiger partial charge in [0.05, 0.1) is 22.3 Å². The molecular weight excluding hydrogens is 803 g/mol. The van der Waals surface area contributed by atoms with Gasteiger partial charge in [0.2, 0.25) is 0 Å². The predicted molar refractivity (Wildman–Crippen MR) is 233 cm³/mol. The van der Waals surface area contributed by atoms with Gasteiger partial charge >= 0.3 is 0 Å². The van der Waals surface area contributed by atoms with E-state index >= 15 is 4.39 Å². The number of nitrogen functional groups attached to an aromatic ring is 1. The highest BCUT2D eigenvalue weighted by molar-refractivity contribution is 7.87. The maximum absolute atomic E-state index is 16.9. The van der Waals surface area contributed by atoms with Crippen LogP contribution in [0.4, 0.5) is 10.1 Å². The monoisotopic (exact) mass is 850 g/mol. The Morgan fingerprint density at radius 1 is 0.696 bits per heavy atom. The van der Waals surface area contributed by atoms with Crippen LogP contribution in [0.5, 0.6) is 0 Å². The van der Waals surface area contributed by atoms with E-state index in [2.05, 4.69) is 20.8 Å². The summed E-state index contributed by atoms with van der Waals surface area (Å²) in [5.74, 6) is 0. The van der Waals surface area contributed by atoms with E-state index in [9.17, 15) is 8.42 Å². The molecular formula is C43H49Cl2FN2O5SSi2. The number of nitrogens with two attached hydrogens (primary N) is 1. The SMILES string of the molecule is CC(C)(C)[Si](OC[C@@H](OS(=O)(=O)c1cc(Cl)c(N)cc1Cl)[C@@H](O[Si](c1ccccc1)(c1ccccc1)C(C)(C)C)[C@H](F)C=N)(c1ccccc1)c1ccccc1. The molecule has 0 aliphatic rings. The van der Waals surface area contributed by atoms with Gasteiger partial charge in [0.15, 0.2) is 6.17 Å². The van der Waals surface area contributed by atoms with Crippen LogP contribution in [0.15, 0.2) is 138 Å². The summed E-state index contributed by atoms with van der Waals surface area (Å²) in [5, 5.41) is 10.3. The Kier molecular flexibility index (Phi) is 13.5. The van der Waals surface area contributed by atoms with E-state index in [1.807, 2.05) is 142 Å². The zero-order valence-corrected chi connectivity index (χ0v) is 36.7. The van der Waals surface area contributed by atoms with Gasteiger partial charge in [0.1, 0.15) is 17.1 Å². The summed E-state index contributed by atoms with van der Waals surface area (Å²) >= 11 is 12.8. The van der Waals surface area contributed by atoms with Crippen molar-refractivity contribution in [2.75, 3.05) is 12.3 Å². The molecule has 296 valence electrons. The van der Waals surface area contributed by atoms with Crippen LogP contribution in [-0.2, 0) is 23.2 Å². The number of hydrogen-bond donors (Lipinski definition) is 2. The summed E-state index contributed by atoms with van der Waals surface area (Å²) in [4.78, 5) is -0.455.